The molecule has 0 heterocycles. The van der Waals surface area contributed by atoms with Crippen molar-refractivity contribution < 1.29 is 19.4 Å². The van der Waals surface area contributed by atoms with Gasteiger partial charge in [-0.05, 0) is 37.0 Å². The van der Waals surface area contributed by atoms with Crippen molar-refractivity contribution in [2.45, 2.75) is 38.7 Å². The van der Waals surface area contributed by atoms with Gasteiger partial charge in [0.25, 0.3) is 0 Å². The van der Waals surface area contributed by atoms with Crippen LogP contribution in [0.15, 0.2) is 34.8 Å². The van der Waals surface area contributed by atoms with Crippen LogP contribution in [0.1, 0.15) is 42.1 Å². The first-order valence-electron chi connectivity index (χ1n) is 7.74. The second-order valence-electron chi connectivity index (χ2n) is 5.48. The summed E-state index contributed by atoms with van der Waals surface area (Å²) in [5.74, 6) is -1.06. The zero-order valence-electron chi connectivity index (χ0n) is 13.4. The van der Waals surface area contributed by atoms with E-state index in [0.717, 1.165) is 24.8 Å². The molecular weight excluding hydrogens is 294 g/mol. The number of aliphatic imine (C=N–C) groups is 1. The van der Waals surface area contributed by atoms with E-state index in [9.17, 15) is 9.59 Å². The average molecular weight is 315 g/mol. The van der Waals surface area contributed by atoms with Gasteiger partial charge in [0.05, 0.1) is 11.3 Å². The highest BCUT2D eigenvalue weighted by molar-refractivity contribution is 6.16. The molecule has 0 aliphatic heterocycles. The maximum Gasteiger partial charge on any atom is 0.335 e. The Morgan fingerprint density at radius 2 is 2.26 bits per heavy atom. The molecule has 1 aromatic carbocycles. The Hall–Kier alpha value is -2.27. The van der Waals surface area contributed by atoms with Gasteiger partial charge < -0.3 is 9.84 Å². The number of carbonyl (C=O) groups is 2. The quantitative estimate of drug-likeness (QED) is 0.817. The maximum absolute atomic E-state index is 12.2. The molecule has 122 valence electrons. The van der Waals surface area contributed by atoms with Crippen molar-refractivity contribution in [3.05, 3.63) is 41.0 Å². The van der Waals surface area contributed by atoms with Gasteiger partial charge in [-0.25, -0.2) is 4.79 Å². The number of carboxylic acid groups (broad SMARTS) is 1. The lowest BCUT2D eigenvalue weighted by molar-refractivity contribution is -0.125. The second-order valence-corrected chi connectivity index (χ2v) is 5.48. The van der Waals surface area contributed by atoms with E-state index < -0.39 is 12.1 Å². The molecule has 0 fully saturated rings. The summed E-state index contributed by atoms with van der Waals surface area (Å²) in [6.07, 6.45) is 6.14. The van der Waals surface area contributed by atoms with Crippen molar-refractivity contribution in [2.75, 3.05) is 7.11 Å². The van der Waals surface area contributed by atoms with E-state index in [2.05, 4.69) is 11.9 Å². The van der Waals surface area contributed by atoms with E-state index in [4.69, 9.17) is 9.84 Å². The zero-order valence-corrected chi connectivity index (χ0v) is 13.4. The van der Waals surface area contributed by atoms with Crippen LogP contribution < -0.4 is 0 Å². The maximum atomic E-state index is 12.2. The Labute approximate surface area is 135 Å². The highest BCUT2D eigenvalue weighted by atomic mass is 16.5. The van der Waals surface area contributed by atoms with Crippen LogP contribution in [-0.2, 0) is 16.0 Å². The molecule has 1 aliphatic carbocycles. The van der Waals surface area contributed by atoms with Crippen LogP contribution in [0.4, 0.5) is 5.69 Å². The molecular formula is C18H21NO4. The van der Waals surface area contributed by atoms with Gasteiger partial charge in [-0.15, -0.1) is 0 Å². The van der Waals surface area contributed by atoms with E-state index >= 15 is 0 Å². The molecule has 1 aliphatic rings. The van der Waals surface area contributed by atoms with Gasteiger partial charge in [0.1, 0.15) is 6.10 Å². The first-order chi connectivity index (χ1) is 11.1. The predicted molar refractivity (Wildman–Crippen MR) is 88.7 cm³/mol. The third-order valence-corrected chi connectivity index (χ3v) is 3.85. The Kier molecular flexibility index (Phi) is 5.82. The molecule has 1 atom stereocenters. The highest BCUT2D eigenvalue weighted by Gasteiger charge is 2.23. The fourth-order valence-corrected chi connectivity index (χ4v) is 2.59. The highest BCUT2D eigenvalue weighted by Crippen LogP contribution is 2.24. The summed E-state index contributed by atoms with van der Waals surface area (Å²) in [5.41, 5.74) is 2.28. The summed E-state index contributed by atoms with van der Waals surface area (Å²) in [6, 6.07) is 4.92. The van der Waals surface area contributed by atoms with Crippen molar-refractivity contribution in [1.29, 1.82) is 0 Å². The average Bonchev–Trinajstić information content (AvgIpc) is 2.55. The topological polar surface area (TPSA) is 76.0 Å². The first-order valence-corrected chi connectivity index (χ1v) is 7.74. The number of Topliss-reactive ketones (excluding diaryl/α,β-unsaturated/α-hetero) is 1. The number of benzene rings is 1. The van der Waals surface area contributed by atoms with Gasteiger partial charge in [0.2, 0.25) is 0 Å². The lowest BCUT2D eigenvalue weighted by atomic mass is 9.96. The Morgan fingerprint density at radius 1 is 1.48 bits per heavy atom. The van der Waals surface area contributed by atoms with Crippen LogP contribution in [0.2, 0.25) is 0 Å². The second kappa shape index (κ2) is 7.83. The number of carboxylic acids is 1. The SMILES string of the molecule is CCCc1ccc(C(=O)O)cc1N=CC1=CCCC(OC)C1=O. The fraction of sp³-hybridized carbons (Fsp3) is 0.389. The van der Waals surface area contributed by atoms with Crippen LogP contribution in [0.25, 0.3) is 0 Å². The number of hydrogen-bond acceptors (Lipinski definition) is 4. The number of nitrogens with zero attached hydrogens (tertiary/aromatic N) is 1. The predicted octanol–water partition coefficient (Wildman–Crippen LogP) is 3.34. The summed E-state index contributed by atoms with van der Waals surface area (Å²) in [6.45, 7) is 2.05. The third-order valence-electron chi connectivity index (χ3n) is 3.85. The van der Waals surface area contributed by atoms with Crippen molar-refractivity contribution in [1.82, 2.24) is 0 Å². The first kappa shape index (κ1) is 17.1. The van der Waals surface area contributed by atoms with Gasteiger partial charge >= 0.3 is 5.97 Å². The van der Waals surface area contributed by atoms with Crippen molar-refractivity contribution in [3.8, 4) is 0 Å². The lowest BCUT2D eigenvalue weighted by Gasteiger charge is -2.17. The molecule has 23 heavy (non-hydrogen) atoms. The molecule has 2 rings (SSSR count). The Morgan fingerprint density at radius 3 is 2.91 bits per heavy atom. The number of ether oxygens (including phenoxy) is 1. The minimum atomic E-state index is -0.989. The minimum absolute atomic E-state index is 0.0751. The number of carbonyl (C=O) groups excluding carboxylic acids is 1. The molecule has 5 heteroatoms. The molecule has 0 bridgehead atoms. The molecule has 0 spiro atoms. The molecule has 0 radical (unpaired) electrons. The van der Waals surface area contributed by atoms with Crippen LogP contribution >= 0.6 is 0 Å². The molecule has 0 saturated heterocycles. The van der Waals surface area contributed by atoms with E-state index in [1.165, 1.54) is 13.3 Å². The summed E-state index contributed by atoms with van der Waals surface area (Å²) in [5, 5.41) is 9.12. The summed E-state index contributed by atoms with van der Waals surface area (Å²) in [4.78, 5) is 27.7. The van der Waals surface area contributed by atoms with Crippen molar-refractivity contribution >= 4 is 23.7 Å². The van der Waals surface area contributed by atoms with Gasteiger partial charge in [-0.2, -0.15) is 0 Å². The molecule has 5 nitrogen and oxygen atoms in total. The number of rotatable bonds is 6. The van der Waals surface area contributed by atoms with Crippen LogP contribution in [-0.4, -0.2) is 36.3 Å². The largest absolute Gasteiger partial charge is 0.478 e. The zero-order chi connectivity index (χ0) is 16.8. The monoisotopic (exact) mass is 315 g/mol. The third kappa shape index (κ3) is 4.13. The molecule has 0 aromatic heterocycles. The fourth-order valence-electron chi connectivity index (χ4n) is 2.59. The van der Waals surface area contributed by atoms with Crippen molar-refractivity contribution in [3.63, 3.8) is 0 Å². The van der Waals surface area contributed by atoms with Crippen LogP contribution in [0.3, 0.4) is 0 Å². The van der Waals surface area contributed by atoms with E-state index in [-0.39, 0.29) is 11.3 Å². The van der Waals surface area contributed by atoms with Gasteiger partial charge in [0.15, 0.2) is 5.78 Å². The van der Waals surface area contributed by atoms with Gasteiger partial charge in [-0.3, -0.25) is 9.79 Å². The molecule has 1 N–H and O–H groups in total. The molecule has 1 aromatic rings. The molecule has 1 unspecified atom stereocenters. The molecule has 0 amide bonds. The normalized spacial score (nSPS) is 18.3. The number of aromatic carboxylic acids is 1. The number of methoxy groups -OCH3 is 1. The van der Waals surface area contributed by atoms with Crippen LogP contribution in [0, 0.1) is 0 Å². The van der Waals surface area contributed by atoms with E-state index in [1.54, 1.807) is 18.2 Å². The minimum Gasteiger partial charge on any atom is -0.478 e. The van der Waals surface area contributed by atoms with Crippen molar-refractivity contribution in [2.24, 2.45) is 4.99 Å². The Bertz CT molecular complexity index is 661. The summed E-state index contributed by atoms with van der Waals surface area (Å²) in [7, 11) is 1.53. The molecule has 0 saturated carbocycles. The summed E-state index contributed by atoms with van der Waals surface area (Å²) >= 11 is 0. The van der Waals surface area contributed by atoms with Gasteiger partial charge in [0, 0.05) is 18.9 Å². The Balaban J connectivity index is 2.30. The number of aryl methyl sites for hydroxylation is 1. The van der Waals surface area contributed by atoms with E-state index in [0.29, 0.717) is 17.7 Å². The standard InChI is InChI=1S/C18H21NO4/c1-3-5-12-8-9-13(18(21)22)10-15(12)19-11-14-6-4-7-16(23-2)17(14)20/h6,8-11,16H,3-5,7H2,1-2H3,(H,21,22). The van der Waals surface area contributed by atoms with E-state index in [1.807, 2.05) is 6.08 Å². The van der Waals surface area contributed by atoms with Gasteiger partial charge in [-0.1, -0.05) is 25.5 Å². The number of hydrogen-bond donors (Lipinski definition) is 1. The number of allylic oxidation sites excluding steroid dienone is 1. The smallest absolute Gasteiger partial charge is 0.335 e. The summed E-state index contributed by atoms with van der Waals surface area (Å²) < 4.78 is 5.17. The lowest BCUT2D eigenvalue weighted by Crippen LogP contribution is -2.27. The number of ketones is 1. The van der Waals surface area contributed by atoms with Crippen LogP contribution in [0.5, 0.6) is 0 Å².